The van der Waals surface area contributed by atoms with Crippen LogP contribution >= 0.6 is 0 Å². The Bertz CT molecular complexity index is 569. The smallest absolute Gasteiger partial charge is 0.273 e. The Morgan fingerprint density at radius 3 is 2.95 bits per heavy atom. The Morgan fingerprint density at radius 1 is 1.42 bits per heavy atom. The van der Waals surface area contributed by atoms with Gasteiger partial charge < -0.3 is 14.9 Å². The molecule has 1 heterocycles. The van der Waals surface area contributed by atoms with Crippen LogP contribution < -0.4 is 5.32 Å². The molecule has 2 N–H and O–H groups in total. The van der Waals surface area contributed by atoms with Crippen LogP contribution in [0.2, 0.25) is 0 Å². The molecule has 6 heteroatoms. The number of hydrogen-bond donors (Lipinski definition) is 2. The molecule has 0 spiro atoms. The SMILES string of the molecule is O=C(NCCCO)c1cc(-c2ccccc2F)on1. The number of benzene rings is 1. The van der Waals surface area contributed by atoms with Crippen LogP contribution in [0.15, 0.2) is 34.9 Å². The van der Waals surface area contributed by atoms with E-state index in [9.17, 15) is 9.18 Å². The molecule has 2 aromatic rings. The van der Waals surface area contributed by atoms with Crippen molar-refractivity contribution < 1.29 is 18.8 Å². The van der Waals surface area contributed by atoms with Gasteiger partial charge in [-0.05, 0) is 18.6 Å². The van der Waals surface area contributed by atoms with E-state index in [2.05, 4.69) is 10.5 Å². The molecule has 0 radical (unpaired) electrons. The number of rotatable bonds is 5. The van der Waals surface area contributed by atoms with Crippen LogP contribution in [0.1, 0.15) is 16.9 Å². The van der Waals surface area contributed by atoms with Crippen LogP contribution in [0.5, 0.6) is 0 Å². The van der Waals surface area contributed by atoms with E-state index in [1.807, 2.05) is 0 Å². The second kappa shape index (κ2) is 6.10. The zero-order valence-corrected chi connectivity index (χ0v) is 10.1. The van der Waals surface area contributed by atoms with Crippen LogP contribution in [0.4, 0.5) is 4.39 Å². The number of aliphatic hydroxyl groups is 1. The zero-order valence-electron chi connectivity index (χ0n) is 10.1. The molecular formula is C13H13FN2O3. The fraction of sp³-hybridized carbons (Fsp3) is 0.231. The fourth-order valence-corrected chi connectivity index (χ4v) is 1.54. The van der Waals surface area contributed by atoms with Crippen molar-refractivity contribution in [2.75, 3.05) is 13.2 Å². The highest BCUT2D eigenvalue weighted by atomic mass is 19.1. The largest absolute Gasteiger partial charge is 0.396 e. The molecule has 1 aromatic heterocycles. The summed E-state index contributed by atoms with van der Waals surface area (Å²) in [6.45, 7) is 0.344. The van der Waals surface area contributed by atoms with Crippen molar-refractivity contribution >= 4 is 5.91 Å². The molecule has 0 aliphatic rings. The van der Waals surface area contributed by atoms with Crippen LogP contribution in [-0.4, -0.2) is 29.3 Å². The summed E-state index contributed by atoms with van der Waals surface area (Å²) in [5.74, 6) is -0.656. The number of amides is 1. The van der Waals surface area contributed by atoms with Crippen LogP contribution in [0.3, 0.4) is 0 Å². The molecular weight excluding hydrogens is 251 g/mol. The van der Waals surface area contributed by atoms with Gasteiger partial charge in [0, 0.05) is 19.2 Å². The summed E-state index contributed by atoms with van der Waals surface area (Å²) in [6, 6.07) is 7.47. The molecule has 1 aromatic carbocycles. The fourth-order valence-electron chi connectivity index (χ4n) is 1.54. The van der Waals surface area contributed by atoms with E-state index in [4.69, 9.17) is 9.63 Å². The van der Waals surface area contributed by atoms with Crippen molar-refractivity contribution in [1.82, 2.24) is 10.5 Å². The number of carbonyl (C=O) groups is 1. The van der Waals surface area contributed by atoms with Gasteiger partial charge in [-0.2, -0.15) is 0 Å². The van der Waals surface area contributed by atoms with E-state index < -0.39 is 11.7 Å². The molecule has 0 atom stereocenters. The van der Waals surface area contributed by atoms with E-state index in [1.54, 1.807) is 18.2 Å². The number of hydrogen-bond acceptors (Lipinski definition) is 4. The molecule has 2 rings (SSSR count). The number of carbonyl (C=O) groups excluding carboxylic acids is 1. The van der Waals surface area contributed by atoms with Gasteiger partial charge in [0.05, 0.1) is 5.56 Å². The van der Waals surface area contributed by atoms with Gasteiger partial charge in [-0.3, -0.25) is 4.79 Å². The minimum Gasteiger partial charge on any atom is -0.396 e. The third-order valence-corrected chi connectivity index (χ3v) is 2.50. The number of halogens is 1. The predicted octanol–water partition coefficient (Wildman–Crippen LogP) is 1.59. The Labute approximate surface area is 109 Å². The van der Waals surface area contributed by atoms with Gasteiger partial charge in [-0.15, -0.1) is 0 Å². The van der Waals surface area contributed by atoms with Gasteiger partial charge in [0.2, 0.25) is 0 Å². The second-order valence-corrected chi connectivity index (χ2v) is 3.89. The molecule has 0 aliphatic carbocycles. The first-order valence-corrected chi connectivity index (χ1v) is 5.83. The lowest BCUT2D eigenvalue weighted by molar-refractivity contribution is 0.0942. The van der Waals surface area contributed by atoms with Gasteiger partial charge >= 0.3 is 0 Å². The van der Waals surface area contributed by atoms with E-state index in [0.29, 0.717) is 13.0 Å². The first-order chi connectivity index (χ1) is 9.22. The molecule has 1 amide bonds. The maximum Gasteiger partial charge on any atom is 0.273 e. The van der Waals surface area contributed by atoms with E-state index in [0.717, 1.165) is 0 Å². The predicted molar refractivity (Wildman–Crippen MR) is 65.9 cm³/mol. The number of nitrogens with zero attached hydrogens (tertiary/aromatic N) is 1. The second-order valence-electron chi connectivity index (χ2n) is 3.89. The molecule has 0 aliphatic heterocycles. The third-order valence-electron chi connectivity index (χ3n) is 2.50. The monoisotopic (exact) mass is 264 g/mol. The summed E-state index contributed by atoms with van der Waals surface area (Å²) < 4.78 is 18.5. The molecule has 5 nitrogen and oxygen atoms in total. The highest BCUT2D eigenvalue weighted by Crippen LogP contribution is 2.23. The zero-order chi connectivity index (χ0) is 13.7. The lowest BCUT2D eigenvalue weighted by atomic mass is 10.1. The van der Waals surface area contributed by atoms with Crippen molar-refractivity contribution in [3.63, 3.8) is 0 Å². The van der Waals surface area contributed by atoms with Crippen molar-refractivity contribution in [3.8, 4) is 11.3 Å². The minimum atomic E-state index is -0.439. The van der Waals surface area contributed by atoms with Crippen LogP contribution in [0.25, 0.3) is 11.3 Å². The summed E-state index contributed by atoms with van der Waals surface area (Å²) in [4.78, 5) is 11.6. The van der Waals surface area contributed by atoms with Gasteiger partial charge in [0.15, 0.2) is 11.5 Å². The molecule has 0 bridgehead atoms. The van der Waals surface area contributed by atoms with Crippen molar-refractivity contribution in [2.24, 2.45) is 0 Å². The maximum absolute atomic E-state index is 13.5. The quantitative estimate of drug-likeness (QED) is 0.804. The first-order valence-electron chi connectivity index (χ1n) is 5.83. The maximum atomic E-state index is 13.5. The minimum absolute atomic E-state index is 0.000425. The van der Waals surface area contributed by atoms with E-state index >= 15 is 0 Å². The van der Waals surface area contributed by atoms with Gasteiger partial charge in [0.25, 0.3) is 5.91 Å². The number of nitrogens with one attached hydrogen (secondary N) is 1. The van der Waals surface area contributed by atoms with Gasteiger partial charge in [-0.25, -0.2) is 4.39 Å². The molecule has 0 saturated carbocycles. The molecule has 0 saturated heterocycles. The average molecular weight is 264 g/mol. The highest BCUT2D eigenvalue weighted by molar-refractivity contribution is 5.93. The lowest BCUT2D eigenvalue weighted by Crippen LogP contribution is -2.25. The number of aliphatic hydroxyl groups excluding tert-OH is 1. The third kappa shape index (κ3) is 3.17. The van der Waals surface area contributed by atoms with E-state index in [1.165, 1.54) is 12.1 Å². The Hall–Kier alpha value is -2.21. The molecule has 19 heavy (non-hydrogen) atoms. The molecule has 0 fully saturated rings. The molecule has 100 valence electrons. The number of aromatic nitrogens is 1. The summed E-state index contributed by atoms with van der Waals surface area (Å²) in [5, 5.41) is 14.8. The van der Waals surface area contributed by atoms with Gasteiger partial charge in [-0.1, -0.05) is 17.3 Å². The summed E-state index contributed by atoms with van der Waals surface area (Å²) >= 11 is 0. The summed E-state index contributed by atoms with van der Waals surface area (Å²) in [5.41, 5.74) is 0.334. The van der Waals surface area contributed by atoms with Crippen LogP contribution in [0, 0.1) is 5.82 Å². The molecule has 0 unspecified atom stereocenters. The average Bonchev–Trinajstić information content (AvgIpc) is 2.89. The topological polar surface area (TPSA) is 75.4 Å². The van der Waals surface area contributed by atoms with E-state index in [-0.39, 0.29) is 23.6 Å². The Kier molecular flexibility index (Phi) is 4.25. The van der Waals surface area contributed by atoms with Crippen molar-refractivity contribution in [2.45, 2.75) is 6.42 Å². The summed E-state index contributed by atoms with van der Waals surface area (Å²) in [6.07, 6.45) is 0.462. The summed E-state index contributed by atoms with van der Waals surface area (Å²) in [7, 11) is 0. The lowest BCUT2D eigenvalue weighted by Gasteiger charge is -1.99. The Morgan fingerprint density at radius 2 is 2.21 bits per heavy atom. The van der Waals surface area contributed by atoms with Crippen LogP contribution in [-0.2, 0) is 0 Å². The first kappa shape index (κ1) is 13.2. The highest BCUT2D eigenvalue weighted by Gasteiger charge is 2.15. The standard InChI is InChI=1S/C13H13FN2O3/c14-10-5-2-1-4-9(10)12-8-11(16-19-12)13(18)15-6-3-7-17/h1-2,4-5,8,17H,3,6-7H2,(H,15,18). The van der Waals surface area contributed by atoms with Crippen molar-refractivity contribution in [1.29, 1.82) is 0 Å². The van der Waals surface area contributed by atoms with Gasteiger partial charge in [0.1, 0.15) is 5.82 Å². The normalized spacial score (nSPS) is 10.4. The van der Waals surface area contributed by atoms with Crippen molar-refractivity contribution in [3.05, 3.63) is 41.8 Å². The Balaban J connectivity index is 2.11.